The van der Waals surface area contributed by atoms with Crippen LogP contribution in [0.4, 0.5) is 11.4 Å². The number of anilines is 1. The number of aromatic nitrogens is 3. The molecule has 0 N–H and O–H groups in total. The number of sulfonamides is 1. The van der Waals surface area contributed by atoms with Gasteiger partial charge in [0.15, 0.2) is 0 Å². The summed E-state index contributed by atoms with van der Waals surface area (Å²) in [5.41, 5.74) is 0.257. The minimum Gasteiger partial charge on any atom is -0.366 e. The number of rotatable bonds is 7. The van der Waals surface area contributed by atoms with Gasteiger partial charge in [0.1, 0.15) is 18.3 Å². The fraction of sp³-hybridized carbons (Fsp3) is 0.529. The van der Waals surface area contributed by atoms with Gasteiger partial charge in [0, 0.05) is 32.2 Å². The lowest BCUT2D eigenvalue weighted by molar-refractivity contribution is -0.384. The van der Waals surface area contributed by atoms with Crippen molar-refractivity contribution >= 4 is 21.4 Å². The van der Waals surface area contributed by atoms with Gasteiger partial charge in [-0.2, -0.15) is 9.40 Å². The lowest BCUT2D eigenvalue weighted by Crippen LogP contribution is -2.35. The molecule has 28 heavy (non-hydrogen) atoms. The summed E-state index contributed by atoms with van der Waals surface area (Å²) in [5.74, 6) is 0. The highest BCUT2D eigenvalue weighted by Crippen LogP contribution is 2.34. The summed E-state index contributed by atoms with van der Waals surface area (Å²) < 4.78 is 28.5. The molecule has 152 valence electrons. The standard InChI is InChI=1S/C17H24N6O4S/c1-3-21(4-2)28(26,27)15-5-6-16(17(11-15)23(24)25)20-9-7-14(8-10-20)22-13-18-12-19-22/h5-6,11-14H,3-4,7-10H2,1-2H3. The summed E-state index contributed by atoms with van der Waals surface area (Å²) in [5, 5.41) is 15.8. The summed E-state index contributed by atoms with van der Waals surface area (Å²) >= 11 is 0. The maximum absolute atomic E-state index is 12.7. The van der Waals surface area contributed by atoms with E-state index >= 15 is 0 Å². The Hall–Kier alpha value is -2.53. The van der Waals surface area contributed by atoms with Crippen LogP contribution in [0.25, 0.3) is 0 Å². The monoisotopic (exact) mass is 408 g/mol. The molecular formula is C17H24N6O4S. The Morgan fingerprint density at radius 1 is 1.25 bits per heavy atom. The Morgan fingerprint density at radius 2 is 1.93 bits per heavy atom. The number of hydrogen-bond donors (Lipinski definition) is 0. The van der Waals surface area contributed by atoms with Gasteiger partial charge in [0.2, 0.25) is 10.0 Å². The van der Waals surface area contributed by atoms with E-state index in [0.717, 1.165) is 12.8 Å². The van der Waals surface area contributed by atoms with E-state index in [0.29, 0.717) is 31.9 Å². The van der Waals surface area contributed by atoms with Gasteiger partial charge < -0.3 is 4.90 Å². The summed E-state index contributed by atoms with van der Waals surface area (Å²) in [4.78, 5) is 17.0. The molecule has 11 heteroatoms. The van der Waals surface area contributed by atoms with Gasteiger partial charge >= 0.3 is 0 Å². The molecule has 3 rings (SSSR count). The second-order valence-electron chi connectivity index (χ2n) is 6.59. The molecule has 0 radical (unpaired) electrons. The van der Waals surface area contributed by atoms with Gasteiger partial charge in [0.05, 0.1) is 15.9 Å². The van der Waals surface area contributed by atoms with E-state index in [1.165, 1.54) is 22.8 Å². The molecule has 0 unspecified atom stereocenters. The van der Waals surface area contributed by atoms with Gasteiger partial charge in [0.25, 0.3) is 5.69 Å². The van der Waals surface area contributed by atoms with Crippen molar-refractivity contribution in [1.82, 2.24) is 19.1 Å². The predicted molar refractivity (Wildman–Crippen MR) is 104 cm³/mol. The average Bonchev–Trinajstić information content (AvgIpc) is 3.23. The van der Waals surface area contributed by atoms with Crippen molar-refractivity contribution in [1.29, 1.82) is 0 Å². The Balaban J connectivity index is 1.86. The van der Waals surface area contributed by atoms with E-state index < -0.39 is 14.9 Å². The summed E-state index contributed by atoms with van der Waals surface area (Å²) in [6.45, 7) is 5.33. The first kappa shape index (κ1) is 20.2. The maximum atomic E-state index is 12.7. The molecule has 0 spiro atoms. The quantitative estimate of drug-likeness (QED) is 0.509. The molecule has 1 aliphatic rings. The third-order valence-corrected chi connectivity index (χ3v) is 7.15. The van der Waals surface area contributed by atoms with Crippen molar-refractivity contribution in [2.75, 3.05) is 31.1 Å². The minimum absolute atomic E-state index is 0.0517. The molecule has 1 saturated heterocycles. The number of nitro benzene ring substituents is 1. The topological polar surface area (TPSA) is 114 Å². The Kier molecular flexibility index (Phi) is 5.94. The minimum atomic E-state index is -3.75. The Labute approximate surface area is 164 Å². The van der Waals surface area contributed by atoms with Gasteiger partial charge in [-0.1, -0.05) is 13.8 Å². The van der Waals surface area contributed by atoms with E-state index in [1.807, 2.05) is 9.58 Å². The fourth-order valence-corrected chi connectivity index (χ4v) is 5.05. The third-order valence-electron chi connectivity index (χ3n) is 5.10. The van der Waals surface area contributed by atoms with E-state index in [2.05, 4.69) is 10.1 Å². The van der Waals surface area contributed by atoms with Crippen LogP contribution >= 0.6 is 0 Å². The number of benzene rings is 1. The zero-order valence-corrected chi connectivity index (χ0v) is 16.7. The molecule has 0 amide bonds. The van der Waals surface area contributed by atoms with Crippen molar-refractivity contribution in [3.63, 3.8) is 0 Å². The number of nitrogens with zero attached hydrogens (tertiary/aromatic N) is 6. The zero-order valence-electron chi connectivity index (χ0n) is 15.9. The number of hydrogen-bond acceptors (Lipinski definition) is 7. The molecule has 0 saturated carbocycles. The normalized spacial score (nSPS) is 15.9. The molecule has 1 aliphatic heterocycles. The van der Waals surface area contributed by atoms with Crippen molar-refractivity contribution in [2.24, 2.45) is 0 Å². The highest BCUT2D eigenvalue weighted by Gasteiger charge is 2.29. The van der Waals surface area contributed by atoms with Crippen molar-refractivity contribution in [3.8, 4) is 0 Å². The second-order valence-corrected chi connectivity index (χ2v) is 8.53. The molecular weight excluding hydrogens is 384 g/mol. The first-order chi connectivity index (χ1) is 13.4. The lowest BCUT2D eigenvalue weighted by atomic mass is 10.0. The highest BCUT2D eigenvalue weighted by molar-refractivity contribution is 7.89. The van der Waals surface area contributed by atoms with Crippen LogP contribution in [0.5, 0.6) is 0 Å². The van der Waals surface area contributed by atoms with Crippen LogP contribution in [-0.2, 0) is 10.0 Å². The number of piperidine rings is 1. The van der Waals surface area contributed by atoms with Gasteiger partial charge in [-0.15, -0.1) is 0 Å². The Bertz CT molecular complexity index is 919. The van der Waals surface area contributed by atoms with Crippen LogP contribution in [0.15, 0.2) is 35.7 Å². The van der Waals surface area contributed by atoms with Gasteiger partial charge in [-0.3, -0.25) is 10.1 Å². The summed E-state index contributed by atoms with van der Waals surface area (Å²) in [7, 11) is -3.75. The second kappa shape index (κ2) is 8.23. The van der Waals surface area contributed by atoms with Crippen molar-refractivity contribution < 1.29 is 13.3 Å². The molecule has 1 fully saturated rings. The van der Waals surface area contributed by atoms with Crippen molar-refractivity contribution in [3.05, 3.63) is 41.0 Å². The van der Waals surface area contributed by atoms with Crippen LogP contribution < -0.4 is 4.90 Å². The molecule has 10 nitrogen and oxygen atoms in total. The van der Waals surface area contributed by atoms with Gasteiger partial charge in [-0.25, -0.2) is 18.1 Å². The maximum Gasteiger partial charge on any atom is 0.293 e. The lowest BCUT2D eigenvalue weighted by Gasteiger charge is -2.33. The predicted octanol–water partition coefficient (Wildman–Crippen LogP) is 2.06. The number of nitro groups is 1. The third kappa shape index (κ3) is 3.85. The molecule has 0 atom stereocenters. The molecule has 1 aromatic heterocycles. The Morgan fingerprint density at radius 3 is 2.46 bits per heavy atom. The molecule has 2 heterocycles. The van der Waals surface area contributed by atoms with E-state index in [4.69, 9.17) is 0 Å². The highest BCUT2D eigenvalue weighted by atomic mass is 32.2. The van der Waals surface area contributed by atoms with Crippen molar-refractivity contribution in [2.45, 2.75) is 37.6 Å². The fourth-order valence-electron chi connectivity index (χ4n) is 3.57. The van der Waals surface area contributed by atoms with E-state index in [-0.39, 0.29) is 16.6 Å². The van der Waals surface area contributed by atoms with Crippen LogP contribution in [0, 0.1) is 10.1 Å². The van der Waals surface area contributed by atoms with Crippen LogP contribution in [-0.4, -0.2) is 58.6 Å². The zero-order chi connectivity index (χ0) is 20.3. The average molecular weight is 408 g/mol. The first-order valence-corrected chi connectivity index (χ1v) is 10.7. The van der Waals surface area contributed by atoms with Gasteiger partial charge in [-0.05, 0) is 25.0 Å². The SMILES string of the molecule is CCN(CC)S(=O)(=O)c1ccc(N2CCC(n3cncn3)CC2)c([N+](=O)[O-])c1. The summed E-state index contributed by atoms with van der Waals surface area (Å²) in [6.07, 6.45) is 4.72. The smallest absolute Gasteiger partial charge is 0.293 e. The first-order valence-electron chi connectivity index (χ1n) is 9.26. The molecule has 2 aromatic rings. The molecule has 0 bridgehead atoms. The molecule has 1 aromatic carbocycles. The van der Waals surface area contributed by atoms with Crippen LogP contribution in [0.3, 0.4) is 0 Å². The largest absolute Gasteiger partial charge is 0.366 e. The molecule has 0 aliphatic carbocycles. The van der Waals surface area contributed by atoms with Crippen LogP contribution in [0.2, 0.25) is 0 Å². The van der Waals surface area contributed by atoms with E-state index in [9.17, 15) is 18.5 Å². The van der Waals surface area contributed by atoms with E-state index in [1.54, 1.807) is 26.2 Å². The summed E-state index contributed by atoms with van der Waals surface area (Å²) in [6, 6.07) is 4.39. The van der Waals surface area contributed by atoms with Crippen LogP contribution in [0.1, 0.15) is 32.7 Å².